The number of aromatic nitrogens is 4. The van der Waals surface area contributed by atoms with Crippen molar-refractivity contribution in [3.05, 3.63) is 42.0 Å². The van der Waals surface area contributed by atoms with Crippen molar-refractivity contribution in [1.29, 1.82) is 0 Å². The third-order valence-corrected chi connectivity index (χ3v) is 6.07. The van der Waals surface area contributed by atoms with Gasteiger partial charge in [0.1, 0.15) is 0 Å². The van der Waals surface area contributed by atoms with Gasteiger partial charge in [0.25, 0.3) is 5.91 Å². The molecule has 9 nitrogen and oxygen atoms in total. The summed E-state index contributed by atoms with van der Waals surface area (Å²) in [5, 5.41) is 21.9. The summed E-state index contributed by atoms with van der Waals surface area (Å²) in [4.78, 5) is 30.6. The highest BCUT2D eigenvalue weighted by atomic mass is 16.3. The summed E-state index contributed by atoms with van der Waals surface area (Å²) in [6, 6.07) is 3.90. The van der Waals surface area contributed by atoms with Crippen molar-refractivity contribution in [3.8, 4) is 0 Å². The van der Waals surface area contributed by atoms with Crippen LogP contribution in [0.2, 0.25) is 0 Å². The lowest BCUT2D eigenvalue weighted by Gasteiger charge is -2.38. The molecule has 0 radical (unpaired) electrons. The van der Waals surface area contributed by atoms with Gasteiger partial charge in [-0.05, 0) is 43.4 Å². The Kier molecular flexibility index (Phi) is 6.08. The van der Waals surface area contributed by atoms with Gasteiger partial charge < -0.3 is 15.3 Å². The fourth-order valence-electron chi connectivity index (χ4n) is 4.23. The van der Waals surface area contributed by atoms with Crippen molar-refractivity contribution in [2.24, 2.45) is 0 Å². The van der Waals surface area contributed by atoms with Gasteiger partial charge in [0.2, 0.25) is 5.91 Å². The molecule has 2 aromatic heterocycles. The van der Waals surface area contributed by atoms with Crippen LogP contribution in [0.15, 0.2) is 30.7 Å². The van der Waals surface area contributed by atoms with E-state index in [2.05, 4.69) is 20.6 Å². The molecule has 2 N–H and O–H groups in total. The Morgan fingerprint density at radius 1 is 1.17 bits per heavy atom. The normalized spacial score (nSPS) is 19.0. The Balaban J connectivity index is 1.28. The number of aliphatic hydroxyl groups is 1. The van der Waals surface area contributed by atoms with Crippen molar-refractivity contribution in [2.75, 3.05) is 13.1 Å². The zero-order valence-electron chi connectivity index (χ0n) is 17.0. The molecular weight excluding hydrogens is 384 g/mol. The summed E-state index contributed by atoms with van der Waals surface area (Å²) in [5.74, 6) is -0.161. The van der Waals surface area contributed by atoms with Gasteiger partial charge in [0.05, 0.1) is 24.8 Å². The second kappa shape index (κ2) is 8.91. The minimum absolute atomic E-state index is 0.0508. The number of nitrogens with one attached hydrogen (secondary N) is 1. The minimum Gasteiger partial charge on any atom is -0.388 e. The Bertz CT molecular complexity index is 870. The average Bonchev–Trinajstić information content (AvgIpc) is 3.41. The highest BCUT2D eigenvalue weighted by Gasteiger charge is 2.35. The lowest BCUT2D eigenvalue weighted by Crippen LogP contribution is -2.49. The van der Waals surface area contributed by atoms with Gasteiger partial charge in [0.15, 0.2) is 5.69 Å². The molecule has 0 spiro atoms. The Morgan fingerprint density at radius 3 is 2.57 bits per heavy atom. The van der Waals surface area contributed by atoms with Crippen LogP contribution in [0.5, 0.6) is 0 Å². The molecule has 4 rings (SSSR count). The first-order valence-electron chi connectivity index (χ1n) is 10.6. The number of rotatable bonds is 6. The molecule has 1 saturated carbocycles. The summed E-state index contributed by atoms with van der Waals surface area (Å²) >= 11 is 0. The zero-order chi connectivity index (χ0) is 21.0. The molecule has 2 fully saturated rings. The van der Waals surface area contributed by atoms with Crippen LogP contribution in [0, 0.1) is 0 Å². The van der Waals surface area contributed by atoms with Crippen LogP contribution in [0.25, 0.3) is 0 Å². The molecule has 2 amide bonds. The quantitative estimate of drug-likeness (QED) is 0.730. The first-order chi connectivity index (χ1) is 14.5. The molecule has 1 aliphatic carbocycles. The van der Waals surface area contributed by atoms with Crippen molar-refractivity contribution in [1.82, 2.24) is 30.2 Å². The molecule has 0 unspecified atom stereocenters. The van der Waals surface area contributed by atoms with Gasteiger partial charge in [0, 0.05) is 31.5 Å². The van der Waals surface area contributed by atoms with Crippen LogP contribution in [0.4, 0.5) is 0 Å². The van der Waals surface area contributed by atoms with E-state index in [9.17, 15) is 14.7 Å². The Morgan fingerprint density at radius 2 is 1.87 bits per heavy atom. The fourth-order valence-corrected chi connectivity index (χ4v) is 4.23. The van der Waals surface area contributed by atoms with Gasteiger partial charge in [-0.25, -0.2) is 4.68 Å². The van der Waals surface area contributed by atoms with E-state index in [1.807, 2.05) is 12.1 Å². The molecule has 0 bridgehead atoms. The van der Waals surface area contributed by atoms with E-state index in [4.69, 9.17) is 0 Å². The summed E-state index contributed by atoms with van der Waals surface area (Å²) in [6.07, 6.45) is 10.5. The van der Waals surface area contributed by atoms with E-state index in [1.165, 1.54) is 4.68 Å². The predicted octanol–water partition coefficient (Wildman–Crippen LogP) is 0.942. The van der Waals surface area contributed by atoms with Gasteiger partial charge in [-0.15, -0.1) is 5.10 Å². The number of likely N-dealkylation sites (tertiary alicyclic amines) is 1. The van der Waals surface area contributed by atoms with E-state index >= 15 is 0 Å². The number of hydrogen-bond acceptors (Lipinski definition) is 6. The molecule has 2 aliphatic rings. The van der Waals surface area contributed by atoms with Crippen molar-refractivity contribution in [2.45, 2.75) is 63.1 Å². The largest absolute Gasteiger partial charge is 0.388 e. The lowest BCUT2D eigenvalue weighted by atomic mass is 9.91. The number of carbonyl (C=O) groups is 2. The van der Waals surface area contributed by atoms with E-state index in [0.29, 0.717) is 32.4 Å². The van der Waals surface area contributed by atoms with E-state index in [0.717, 1.165) is 31.2 Å². The van der Waals surface area contributed by atoms with Crippen LogP contribution < -0.4 is 5.32 Å². The van der Waals surface area contributed by atoms with Crippen LogP contribution in [-0.2, 0) is 17.8 Å². The standard InChI is InChI=1S/C21H28N6O3/c28-19(13-16-5-9-22-10-6-16)26-11-7-21(30,8-12-26)15-27-14-18(24-25-27)20(29)23-17-3-1-2-4-17/h5-6,9-10,14,17,30H,1-4,7-8,11-13,15H2,(H,23,29). The topological polar surface area (TPSA) is 113 Å². The Hall–Kier alpha value is -2.81. The van der Waals surface area contributed by atoms with Crippen molar-refractivity contribution in [3.63, 3.8) is 0 Å². The lowest BCUT2D eigenvalue weighted by molar-refractivity contribution is -0.135. The molecule has 0 aromatic carbocycles. The molecule has 1 aliphatic heterocycles. The fraction of sp³-hybridized carbons (Fsp3) is 0.571. The first-order valence-corrected chi connectivity index (χ1v) is 10.6. The molecule has 3 heterocycles. The predicted molar refractivity (Wildman–Crippen MR) is 108 cm³/mol. The molecule has 160 valence electrons. The maximum absolute atomic E-state index is 12.5. The highest BCUT2D eigenvalue weighted by Crippen LogP contribution is 2.24. The molecule has 1 saturated heterocycles. The van der Waals surface area contributed by atoms with Crippen molar-refractivity contribution >= 4 is 11.8 Å². The first kappa shape index (κ1) is 20.5. The van der Waals surface area contributed by atoms with Crippen LogP contribution >= 0.6 is 0 Å². The average molecular weight is 412 g/mol. The zero-order valence-corrected chi connectivity index (χ0v) is 17.0. The number of nitrogens with zero attached hydrogens (tertiary/aromatic N) is 5. The van der Waals surface area contributed by atoms with Crippen LogP contribution in [0.1, 0.15) is 54.6 Å². The third-order valence-electron chi connectivity index (χ3n) is 6.07. The van der Waals surface area contributed by atoms with Crippen LogP contribution in [-0.4, -0.2) is 66.5 Å². The summed E-state index contributed by atoms with van der Waals surface area (Å²) in [6.45, 7) is 1.23. The van der Waals surface area contributed by atoms with Crippen LogP contribution in [0.3, 0.4) is 0 Å². The molecular formula is C21H28N6O3. The van der Waals surface area contributed by atoms with Gasteiger partial charge in [-0.2, -0.15) is 0 Å². The Labute approximate surface area is 175 Å². The van der Waals surface area contributed by atoms with Gasteiger partial charge in [-0.1, -0.05) is 18.1 Å². The summed E-state index contributed by atoms with van der Waals surface area (Å²) in [7, 11) is 0. The van der Waals surface area contributed by atoms with Crippen molar-refractivity contribution < 1.29 is 14.7 Å². The number of carbonyl (C=O) groups excluding carboxylic acids is 2. The maximum Gasteiger partial charge on any atom is 0.273 e. The summed E-state index contributed by atoms with van der Waals surface area (Å²) in [5.41, 5.74) is 0.234. The monoisotopic (exact) mass is 412 g/mol. The van der Waals surface area contributed by atoms with E-state index < -0.39 is 5.60 Å². The molecule has 2 aromatic rings. The van der Waals surface area contributed by atoms with E-state index in [-0.39, 0.29) is 30.1 Å². The minimum atomic E-state index is -0.972. The SMILES string of the molecule is O=C(NC1CCCC1)c1cn(CC2(O)CCN(C(=O)Cc3ccncc3)CC2)nn1. The second-order valence-electron chi connectivity index (χ2n) is 8.39. The maximum atomic E-state index is 12.5. The highest BCUT2D eigenvalue weighted by molar-refractivity contribution is 5.92. The molecule has 9 heteroatoms. The van der Waals surface area contributed by atoms with Gasteiger partial charge >= 0.3 is 0 Å². The number of amides is 2. The number of pyridine rings is 1. The second-order valence-corrected chi connectivity index (χ2v) is 8.39. The number of piperidine rings is 1. The molecule has 30 heavy (non-hydrogen) atoms. The van der Waals surface area contributed by atoms with Gasteiger partial charge in [-0.3, -0.25) is 14.6 Å². The third kappa shape index (κ3) is 5.02. The number of hydrogen-bond donors (Lipinski definition) is 2. The smallest absolute Gasteiger partial charge is 0.273 e. The van der Waals surface area contributed by atoms with E-state index in [1.54, 1.807) is 23.5 Å². The summed E-state index contributed by atoms with van der Waals surface area (Å²) < 4.78 is 1.53. The molecule has 0 atom stereocenters.